The molecule has 2 aliphatic heterocycles. The van der Waals surface area contributed by atoms with Crippen molar-refractivity contribution in [1.29, 1.82) is 0 Å². The number of hydrogen-bond acceptors (Lipinski definition) is 3. The third kappa shape index (κ3) is 3.46. The van der Waals surface area contributed by atoms with Gasteiger partial charge in [-0.25, -0.2) is 0 Å². The van der Waals surface area contributed by atoms with Gasteiger partial charge in [0.15, 0.2) is 0 Å². The second-order valence-electron chi connectivity index (χ2n) is 6.66. The van der Waals surface area contributed by atoms with E-state index in [2.05, 4.69) is 15.3 Å². The van der Waals surface area contributed by atoms with Gasteiger partial charge in [0.05, 0.1) is 6.20 Å². The Labute approximate surface area is 126 Å². The van der Waals surface area contributed by atoms with Crippen LogP contribution in [0.1, 0.15) is 37.7 Å². The first-order valence-electron chi connectivity index (χ1n) is 8.15. The quantitative estimate of drug-likeness (QED) is 0.919. The Morgan fingerprint density at radius 3 is 2.62 bits per heavy atom. The van der Waals surface area contributed by atoms with Crippen LogP contribution in [0.25, 0.3) is 0 Å². The SMILES string of the molecule is Cc1cnn(CCC(=O)N2CCC3(CCNCC3)CC2)c1. The molecule has 1 N–H and O–H groups in total. The lowest BCUT2D eigenvalue weighted by atomic mass is 9.71. The number of nitrogens with one attached hydrogen (secondary N) is 1. The summed E-state index contributed by atoms with van der Waals surface area (Å²) in [5.41, 5.74) is 1.66. The molecule has 5 heteroatoms. The average molecular weight is 290 g/mol. The van der Waals surface area contributed by atoms with Crippen LogP contribution in [0.4, 0.5) is 0 Å². The topological polar surface area (TPSA) is 50.2 Å². The third-order valence-electron chi connectivity index (χ3n) is 5.16. The molecule has 0 radical (unpaired) electrons. The van der Waals surface area contributed by atoms with Crippen molar-refractivity contribution in [1.82, 2.24) is 20.0 Å². The van der Waals surface area contributed by atoms with E-state index in [1.165, 1.54) is 25.7 Å². The highest BCUT2D eigenvalue weighted by Gasteiger charge is 2.36. The summed E-state index contributed by atoms with van der Waals surface area (Å²) in [7, 11) is 0. The lowest BCUT2D eigenvalue weighted by Crippen LogP contribution is -2.47. The molecule has 2 saturated heterocycles. The fourth-order valence-electron chi connectivity index (χ4n) is 3.65. The summed E-state index contributed by atoms with van der Waals surface area (Å²) in [4.78, 5) is 14.4. The first-order chi connectivity index (χ1) is 10.2. The molecule has 5 nitrogen and oxygen atoms in total. The number of nitrogens with zero attached hydrogens (tertiary/aromatic N) is 3. The summed E-state index contributed by atoms with van der Waals surface area (Å²) < 4.78 is 1.87. The van der Waals surface area contributed by atoms with Gasteiger partial charge in [0.2, 0.25) is 5.91 Å². The molecule has 1 aromatic heterocycles. The van der Waals surface area contributed by atoms with Gasteiger partial charge in [0.25, 0.3) is 0 Å². The van der Waals surface area contributed by atoms with Gasteiger partial charge in [-0.2, -0.15) is 5.10 Å². The molecule has 3 heterocycles. The maximum atomic E-state index is 12.3. The van der Waals surface area contributed by atoms with Crippen molar-refractivity contribution in [2.45, 2.75) is 45.6 Å². The summed E-state index contributed by atoms with van der Waals surface area (Å²) in [5.74, 6) is 0.284. The molecule has 0 aliphatic carbocycles. The minimum atomic E-state index is 0.284. The van der Waals surface area contributed by atoms with E-state index in [9.17, 15) is 4.79 Å². The van der Waals surface area contributed by atoms with Gasteiger partial charge in [-0.1, -0.05) is 0 Å². The Morgan fingerprint density at radius 1 is 1.29 bits per heavy atom. The van der Waals surface area contributed by atoms with E-state index in [1.807, 2.05) is 24.0 Å². The fraction of sp³-hybridized carbons (Fsp3) is 0.750. The van der Waals surface area contributed by atoms with Crippen LogP contribution in [0.5, 0.6) is 0 Å². The summed E-state index contributed by atoms with van der Waals surface area (Å²) in [5, 5.41) is 7.68. The largest absolute Gasteiger partial charge is 0.343 e. The molecular weight excluding hydrogens is 264 g/mol. The molecule has 2 aliphatic rings. The average Bonchev–Trinajstić information content (AvgIpc) is 2.92. The Morgan fingerprint density at radius 2 is 2.00 bits per heavy atom. The van der Waals surface area contributed by atoms with Crippen LogP contribution in [0.2, 0.25) is 0 Å². The van der Waals surface area contributed by atoms with Gasteiger partial charge < -0.3 is 10.2 Å². The fourth-order valence-corrected chi connectivity index (χ4v) is 3.65. The number of rotatable bonds is 3. The first-order valence-corrected chi connectivity index (χ1v) is 8.15. The maximum Gasteiger partial charge on any atom is 0.224 e. The molecule has 0 unspecified atom stereocenters. The minimum Gasteiger partial charge on any atom is -0.343 e. The van der Waals surface area contributed by atoms with Gasteiger partial charge in [-0.3, -0.25) is 9.48 Å². The molecule has 21 heavy (non-hydrogen) atoms. The van der Waals surface area contributed by atoms with Gasteiger partial charge >= 0.3 is 0 Å². The van der Waals surface area contributed by atoms with Crippen LogP contribution < -0.4 is 5.32 Å². The van der Waals surface area contributed by atoms with Gasteiger partial charge in [0, 0.05) is 32.3 Å². The van der Waals surface area contributed by atoms with E-state index in [-0.39, 0.29) is 5.91 Å². The maximum absolute atomic E-state index is 12.3. The summed E-state index contributed by atoms with van der Waals surface area (Å²) in [6.45, 7) is 6.89. The number of aryl methyl sites for hydroxylation is 2. The molecule has 0 aromatic carbocycles. The van der Waals surface area contributed by atoms with Crippen molar-refractivity contribution in [2.75, 3.05) is 26.2 Å². The highest BCUT2D eigenvalue weighted by Crippen LogP contribution is 2.39. The number of likely N-dealkylation sites (tertiary alicyclic amines) is 1. The van der Waals surface area contributed by atoms with Gasteiger partial charge in [0.1, 0.15) is 0 Å². The highest BCUT2D eigenvalue weighted by atomic mass is 16.2. The number of carbonyl (C=O) groups excluding carboxylic acids is 1. The number of hydrogen-bond donors (Lipinski definition) is 1. The molecule has 1 amide bonds. The van der Waals surface area contributed by atoms with Crippen LogP contribution in [-0.4, -0.2) is 46.8 Å². The van der Waals surface area contributed by atoms with E-state index in [0.717, 1.165) is 31.7 Å². The molecule has 116 valence electrons. The number of aromatic nitrogens is 2. The second kappa shape index (κ2) is 6.18. The predicted octanol–water partition coefficient (Wildman–Crippen LogP) is 1.57. The summed E-state index contributed by atoms with van der Waals surface area (Å²) in [6, 6.07) is 0. The third-order valence-corrected chi connectivity index (χ3v) is 5.16. The highest BCUT2D eigenvalue weighted by molar-refractivity contribution is 5.76. The Kier molecular flexibility index (Phi) is 4.29. The van der Waals surface area contributed by atoms with Crippen LogP contribution >= 0.6 is 0 Å². The molecule has 0 bridgehead atoms. The zero-order chi connectivity index (χ0) is 14.7. The molecule has 0 saturated carbocycles. The monoisotopic (exact) mass is 290 g/mol. The van der Waals surface area contributed by atoms with E-state index in [1.54, 1.807) is 0 Å². The minimum absolute atomic E-state index is 0.284. The van der Waals surface area contributed by atoms with Crippen LogP contribution in [0.15, 0.2) is 12.4 Å². The van der Waals surface area contributed by atoms with E-state index in [0.29, 0.717) is 18.4 Å². The van der Waals surface area contributed by atoms with Crippen molar-refractivity contribution < 1.29 is 4.79 Å². The first kappa shape index (κ1) is 14.6. The van der Waals surface area contributed by atoms with Crippen molar-refractivity contribution in [3.63, 3.8) is 0 Å². The normalized spacial score (nSPS) is 21.7. The molecule has 1 spiro atoms. The van der Waals surface area contributed by atoms with Crippen molar-refractivity contribution in [3.05, 3.63) is 18.0 Å². The Balaban J connectivity index is 1.46. The molecule has 2 fully saturated rings. The van der Waals surface area contributed by atoms with E-state index >= 15 is 0 Å². The van der Waals surface area contributed by atoms with E-state index in [4.69, 9.17) is 0 Å². The number of piperidine rings is 2. The van der Waals surface area contributed by atoms with Gasteiger partial charge in [-0.05, 0) is 56.7 Å². The van der Waals surface area contributed by atoms with Crippen LogP contribution in [0, 0.1) is 12.3 Å². The molecule has 0 atom stereocenters. The molecular formula is C16H26N4O. The molecule has 1 aromatic rings. The van der Waals surface area contributed by atoms with Gasteiger partial charge in [-0.15, -0.1) is 0 Å². The predicted molar refractivity (Wildman–Crippen MR) is 81.9 cm³/mol. The van der Waals surface area contributed by atoms with Crippen molar-refractivity contribution in [3.8, 4) is 0 Å². The van der Waals surface area contributed by atoms with Crippen molar-refractivity contribution >= 4 is 5.91 Å². The lowest BCUT2D eigenvalue weighted by Gasteiger charge is -2.44. The van der Waals surface area contributed by atoms with Crippen LogP contribution in [-0.2, 0) is 11.3 Å². The van der Waals surface area contributed by atoms with E-state index < -0.39 is 0 Å². The molecule has 3 rings (SSSR count). The Bertz CT molecular complexity index is 480. The van der Waals surface area contributed by atoms with Crippen LogP contribution in [0.3, 0.4) is 0 Å². The number of amides is 1. The Hall–Kier alpha value is -1.36. The lowest BCUT2D eigenvalue weighted by molar-refractivity contribution is -0.134. The summed E-state index contributed by atoms with van der Waals surface area (Å²) in [6.07, 6.45) is 9.32. The zero-order valence-corrected chi connectivity index (χ0v) is 13.0. The standard InChI is InChI=1S/C16H26N4O/c1-14-12-18-20(13-14)9-2-15(21)19-10-5-16(6-11-19)3-7-17-8-4-16/h12-13,17H,2-11H2,1H3. The zero-order valence-electron chi connectivity index (χ0n) is 13.0. The van der Waals surface area contributed by atoms with Crippen molar-refractivity contribution in [2.24, 2.45) is 5.41 Å². The smallest absolute Gasteiger partial charge is 0.224 e. The number of carbonyl (C=O) groups is 1. The second-order valence-corrected chi connectivity index (χ2v) is 6.66. The summed E-state index contributed by atoms with van der Waals surface area (Å²) >= 11 is 0.